The lowest BCUT2D eigenvalue weighted by molar-refractivity contribution is -0.161. The Hall–Kier alpha value is -1.94. The van der Waals surface area contributed by atoms with Gasteiger partial charge in [-0.25, -0.2) is 9.13 Å². The third-order valence-electron chi connectivity index (χ3n) is 16.3. The lowest BCUT2D eigenvalue weighted by atomic mass is 10.0. The van der Waals surface area contributed by atoms with E-state index >= 15 is 0 Å². The maximum Gasteiger partial charge on any atom is 0.472 e. The second-order valence-electron chi connectivity index (χ2n) is 25.7. The molecule has 0 aromatic heterocycles. The molecule has 0 saturated carbocycles. The molecule has 0 saturated heterocycles. The molecule has 2 unspecified atom stereocenters. The number of unbranched alkanes of at least 4 members (excludes halogenated alkanes) is 42. The summed E-state index contributed by atoms with van der Waals surface area (Å²) in [5.41, 5.74) is 0. The van der Waals surface area contributed by atoms with Gasteiger partial charge in [0.1, 0.15) is 19.3 Å². The SMILES string of the molecule is CCCCCCCCCCCCCCCCCCCC(=O)O[C@H](COC(=O)CCCCCCCCCCCCCCCCC)COP(=O)(O)OC[C@@H](O)COP(=O)(O)OC[C@@H](COC(=O)CCCCCCCCC)OC(=O)CCCCCCCCCC(C)C. The van der Waals surface area contributed by atoms with Crippen LogP contribution in [-0.2, 0) is 65.4 Å². The van der Waals surface area contributed by atoms with Crippen LogP contribution in [0.25, 0.3) is 0 Å². The zero-order chi connectivity index (χ0) is 65.6. The number of carbonyl (C=O) groups is 4. The van der Waals surface area contributed by atoms with Crippen molar-refractivity contribution < 1.29 is 80.2 Å². The Balaban J connectivity index is 5.19. The van der Waals surface area contributed by atoms with Crippen molar-refractivity contribution in [1.82, 2.24) is 0 Å². The number of aliphatic hydroxyl groups is 1. The Bertz CT molecular complexity index is 1720. The third-order valence-corrected chi connectivity index (χ3v) is 18.2. The first-order chi connectivity index (χ1) is 43.0. The minimum atomic E-state index is -4.95. The number of esters is 4. The molecule has 528 valence electrons. The van der Waals surface area contributed by atoms with Crippen LogP contribution in [0.4, 0.5) is 0 Å². The predicted octanol–water partition coefficient (Wildman–Crippen LogP) is 20.1. The molecule has 0 heterocycles. The van der Waals surface area contributed by atoms with E-state index in [1.54, 1.807) is 0 Å². The van der Waals surface area contributed by atoms with Crippen molar-refractivity contribution in [3.63, 3.8) is 0 Å². The van der Waals surface area contributed by atoms with Gasteiger partial charge in [-0.1, -0.05) is 311 Å². The minimum absolute atomic E-state index is 0.103. The average molecular weight is 1310 g/mol. The molecule has 0 aromatic carbocycles. The van der Waals surface area contributed by atoms with Gasteiger partial charge in [0.15, 0.2) is 12.2 Å². The monoisotopic (exact) mass is 1310 g/mol. The largest absolute Gasteiger partial charge is 0.472 e. The van der Waals surface area contributed by atoms with E-state index < -0.39 is 97.5 Å². The molecule has 3 N–H and O–H groups in total. The predicted molar refractivity (Wildman–Crippen MR) is 358 cm³/mol. The van der Waals surface area contributed by atoms with Gasteiger partial charge in [0, 0.05) is 25.7 Å². The van der Waals surface area contributed by atoms with Crippen LogP contribution >= 0.6 is 15.6 Å². The number of aliphatic hydroxyl groups excluding tert-OH is 1. The minimum Gasteiger partial charge on any atom is -0.462 e. The standard InChI is InChI=1S/C70H136O17P2/c1-6-9-12-15-18-20-22-24-26-27-29-31-33-35-40-45-50-55-69(74)86-66(60-81-68(73)54-49-44-39-34-32-30-28-25-23-21-19-16-13-10-7-2)62-85-89(78,79)83-58-64(71)57-82-88(76,77)84-61-65(59-80-67(72)53-48-43-37-17-14-11-8-3)87-70(75)56-51-46-41-36-38-42-47-52-63(4)5/h63-66,71H,6-62H2,1-5H3,(H,76,77)(H,78,79)/t64-,65+,66+/m0/s1. The highest BCUT2D eigenvalue weighted by atomic mass is 31.2. The summed E-state index contributed by atoms with van der Waals surface area (Å²) >= 11 is 0. The van der Waals surface area contributed by atoms with Crippen molar-refractivity contribution in [1.29, 1.82) is 0 Å². The molecule has 0 fully saturated rings. The van der Waals surface area contributed by atoms with E-state index in [1.165, 1.54) is 173 Å². The Labute approximate surface area is 543 Å². The molecule has 19 heteroatoms. The summed E-state index contributed by atoms with van der Waals surface area (Å²) in [5.74, 6) is -1.43. The van der Waals surface area contributed by atoms with Crippen LogP contribution in [0.1, 0.15) is 362 Å². The maximum atomic E-state index is 13.0. The van der Waals surface area contributed by atoms with Gasteiger partial charge in [-0.05, 0) is 31.6 Å². The van der Waals surface area contributed by atoms with Crippen LogP contribution < -0.4 is 0 Å². The van der Waals surface area contributed by atoms with Gasteiger partial charge in [-0.15, -0.1) is 0 Å². The fourth-order valence-corrected chi connectivity index (χ4v) is 12.2. The summed E-state index contributed by atoms with van der Waals surface area (Å²) < 4.78 is 68.2. The van der Waals surface area contributed by atoms with Gasteiger partial charge in [0.25, 0.3) is 0 Å². The molecule has 5 atom stereocenters. The van der Waals surface area contributed by atoms with Crippen molar-refractivity contribution in [3.8, 4) is 0 Å². The Morgan fingerprint density at radius 3 is 0.764 bits per heavy atom. The van der Waals surface area contributed by atoms with Crippen LogP contribution in [-0.4, -0.2) is 96.7 Å². The highest BCUT2D eigenvalue weighted by molar-refractivity contribution is 7.47. The zero-order valence-corrected chi connectivity index (χ0v) is 59.4. The maximum absolute atomic E-state index is 13.0. The number of ether oxygens (including phenoxy) is 4. The molecule has 0 aliphatic carbocycles. The number of phosphoric ester groups is 2. The molecular weight excluding hydrogens is 1170 g/mol. The van der Waals surface area contributed by atoms with E-state index in [0.29, 0.717) is 31.6 Å². The molecule has 0 bridgehead atoms. The molecule has 0 amide bonds. The number of hydrogen-bond donors (Lipinski definition) is 3. The molecule has 89 heavy (non-hydrogen) atoms. The molecular formula is C70H136O17P2. The number of phosphoric acid groups is 2. The number of rotatable bonds is 70. The fraction of sp³-hybridized carbons (Fsp3) is 0.943. The first kappa shape index (κ1) is 87.1. The van der Waals surface area contributed by atoms with E-state index in [2.05, 4.69) is 34.6 Å². The van der Waals surface area contributed by atoms with Crippen LogP contribution in [0, 0.1) is 5.92 Å². The van der Waals surface area contributed by atoms with Gasteiger partial charge in [0.05, 0.1) is 26.4 Å². The van der Waals surface area contributed by atoms with E-state index in [-0.39, 0.29) is 25.7 Å². The molecule has 0 spiro atoms. The van der Waals surface area contributed by atoms with E-state index in [0.717, 1.165) is 103 Å². The highest BCUT2D eigenvalue weighted by Crippen LogP contribution is 2.45. The van der Waals surface area contributed by atoms with Crippen molar-refractivity contribution in [3.05, 3.63) is 0 Å². The fourth-order valence-electron chi connectivity index (χ4n) is 10.6. The van der Waals surface area contributed by atoms with Crippen molar-refractivity contribution in [2.75, 3.05) is 39.6 Å². The Kier molecular flexibility index (Phi) is 62.1. The number of hydrogen-bond acceptors (Lipinski definition) is 15. The first-order valence-electron chi connectivity index (χ1n) is 36.6. The van der Waals surface area contributed by atoms with Gasteiger partial charge < -0.3 is 33.8 Å². The Morgan fingerprint density at radius 2 is 0.517 bits per heavy atom. The molecule has 0 radical (unpaired) electrons. The van der Waals surface area contributed by atoms with Gasteiger partial charge in [-0.2, -0.15) is 0 Å². The summed E-state index contributed by atoms with van der Waals surface area (Å²) in [7, 11) is -9.89. The summed E-state index contributed by atoms with van der Waals surface area (Å²) in [6, 6.07) is 0. The van der Waals surface area contributed by atoms with Crippen LogP contribution in [0.5, 0.6) is 0 Å². The summed E-state index contributed by atoms with van der Waals surface area (Å²) in [6.07, 6.45) is 50.2. The van der Waals surface area contributed by atoms with Gasteiger partial charge in [-0.3, -0.25) is 37.3 Å². The lowest BCUT2D eigenvalue weighted by Crippen LogP contribution is -2.30. The van der Waals surface area contributed by atoms with Crippen molar-refractivity contribution >= 4 is 39.5 Å². The quantitative estimate of drug-likeness (QED) is 0.0222. The third kappa shape index (κ3) is 64.6. The lowest BCUT2D eigenvalue weighted by Gasteiger charge is -2.21. The zero-order valence-electron chi connectivity index (χ0n) is 57.6. The normalized spacial score (nSPS) is 14.1. The summed E-state index contributed by atoms with van der Waals surface area (Å²) in [6.45, 7) is 7.15. The molecule has 0 aliphatic rings. The second kappa shape index (κ2) is 63.5. The van der Waals surface area contributed by atoms with Crippen LogP contribution in [0.2, 0.25) is 0 Å². The highest BCUT2D eigenvalue weighted by Gasteiger charge is 2.30. The average Bonchev–Trinajstić information content (AvgIpc) is 3.58. The smallest absolute Gasteiger partial charge is 0.462 e. The van der Waals surface area contributed by atoms with Crippen molar-refractivity contribution in [2.45, 2.75) is 380 Å². The summed E-state index contributed by atoms with van der Waals surface area (Å²) in [4.78, 5) is 72.4. The van der Waals surface area contributed by atoms with Crippen LogP contribution in [0.3, 0.4) is 0 Å². The molecule has 17 nitrogen and oxygen atoms in total. The molecule has 0 aliphatic heterocycles. The van der Waals surface area contributed by atoms with Gasteiger partial charge in [0.2, 0.25) is 0 Å². The Morgan fingerprint density at radius 1 is 0.303 bits per heavy atom. The van der Waals surface area contributed by atoms with E-state index in [1.807, 2.05) is 0 Å². The second-order valence-corrected chi connectivity index (χ2v) is 28.7. The first-order valence-corrected chi connectivity index (χ1v) is 39.6. The summed E-state index contributed by atoms with van der Waals surface area (Å²) in [5, 5.41) is 10.6. The van der Waals surface area contributed by atoms with E-state index in [4.69, 9.17) is 37.0 Å². The van der Waals surface area contributed by atoms with E-state index in [9.17, 15) is 43.2 Å². The topological polar surface area (TPSA) is 237 Å². The van der Waals surface area contributed by atoms with Gasteiger partial charge >= 0.3 is 39.5 Å². The molecule has 0 aromatic rings. The van der Waals surface area contributed by atoms with Crippen molar-refractivity contribution in [2.24, 2.45) is 5.92 Å². The number of carbonyl (C=O) groups excluding carboxylic acids is 4. The van der Waals surface area contributed by atoms with Crippen LogP contribution in [0.15, 0.2) is 0 Å². The molecule has 0 rings (SSSR count).